The molecule has 1 aromatic carbocycles. The Kier molecular flexibility index (Phi) is 7.00. The topological polar surface area (TPSA) is 79.0 Å². The molecule has 0 aliphatic carbocycles. The second-order valence-corrected chi connectivity index (χ2v) is 7.95. The number of thiazole rings is 1. The van der Waals surface area contributed by atoms with Gasteiger partial charge in [-0.25, -0.2) is 9.97 Å². The lowest BCUT2D eigenvalue weighted by Gasteiger charge is -2.18. The Morgan fingerprint density at radius 2 is 2.07 bits per heavy atom. The summed E-state index contributed by atoms with van der Waals surface area (Å²) in [7, 11) is 0. The number of carbonyl (C=O) groups excluding carboxylic acids is 1. The van der Waals surface area contributed by atoms with E-state index in [1.165, 1.54) is 23.1 Å². The number of hydrogen-bond donors (Lipinski definition) is 1. The van der Waals surface area contributed by atoms with Gasteiger partial charge in [0.1, 0.15) is 0 Å². The molecule has 1 amide bonds. The van der Waals surface area contributed by atoms with Crippen LogP contribution in [0.2, 0.25) is 0 Å². The molecule has 0 saturated carbocycles. The molecule has 0 saturated heterocycles. The molecule has 0 atom stereocenters. The van der Waals surface area contributed by atoms with Crippen LogP contribution in [0.1, 0.15) is 17.7 Å². The first-order valence-electron chi connectivity index (χ1n) is 9.09. The van der Waals surface area contributed by atoms with Crippen molar-refractivity contribution in [1.82, 2.24) is 15.0 Å². The van der Waals surface area contributed by atoms with Crippen molar-refractivity contribution in [2.45, 2.75) is 24.9 Å². The zero-order chi connectivity index (χ0) is 20.8. The fourth-order valence-electron chi connectivity index (χ4n) is 2.89. The molecule has 0 unspecified atom stereocenters. The van der Waals surface area contributed by atoms with Crippen molar-refractivity contribution in [2.24, 2.45) is 0 Å². The molecule has 0 bridgehead atoms. The molecule has 2 heterocycles. The summed E-state index contributed by atoms with van der Waals surface area (Å²) in [5.74, 6) is -0.105. The Labute approximate surface area is 177 Å². The van der Waals surface area contributed by atoms with Crippen molar-refractivity contribution < 1.29 is 4.79 Å². The highest BCUT2D eigenvalue weighted by molar-refractivity contribution is 7.98. The van der Waals surface area contributed by atoms with Crippen molar-refractivity contribution in [3.05, 3.63) is 70.0 Å². The van der Waals surface area contributed by atoms with E-state index in [1.807, 2.05) is 42.0 Å². The van der Waals surface area contributed by atoms with E-state index in [2.05, 4.69) is 21.5 Å². The number of H-pyrrole nitrogens is 1. The number of rotatable bonds is 8. The fourth-order valence-corrected chi connectivity index (χ4v) is 4.17. The highest BCUT2D eigenvalue weighted by atomic mass is 32.2. The monoisotopic (exact) mass is 426 g/mol. The average Bonchev–Trinajstić information content (AvgIpc) is 3.21. The quantitative estimate of drug-likeness (QED) is 0.334. The zero-order valence-corrected chi connectivity index (χ0v) is 18.0. The maximum atomic E-state index is 12.9. The molecule has 6 nitrogen and oxygen atoms in total. The highest BCUT2D eigenvalue weighted by Gasteiger charge is 2.19. The van der Waals surface area contributed by atoms with Gasteiger partial charge in [0.25, 0.3) is 5.56 Å². The number of hydrogen-bond acceptors (Lipinski definition) is 6. The molecule has 8 heteroatoms. The van der Waals surface area contributed by atoms with Gasteiger partial charge in [-0.1, -0.05) is 48.2 Å². The number of benzene rings is 1. The van der Waals surface area contributed by atoms with Gasteiger partial charge in [0.15, 0.2) is 10.3 Å². The van der Waals surface area contributed by atoms with Crippen molar-refractivity contribution in [3.63, 3.8) is 0 Å². The summed E-state index contributed by atoms with van der Waals surface area (Å²) in [6.45, 7) is 5.91. The van der Waals surface area contributed by atoms with Gasteiger partial charge in [-0.3, -0.25) is 14.5 Å². The Morgan fingerprint density at radius 3 is 2.72 bits per heavy atom. The lowest BCUT2D eigenvalue weighted by molar-refractivity contribution is -0.118. The summed E-state index contributed by atoms with van der Waals surface area (Å²) < 4.78 is 0. The lowest BCUT2D eigenvalue weighted by Crippen LogP contribution is -2.31. The van der Waals surface area contributed by atoms with Crippen LogP contribution in [0.15, 0.2) is 58.3 Å². The van der Waals surface area contributed by atoms with Crippen LogP contribution in [0.5, 0.6) is 0 Å². The van der Waals surface area contributed by atoms with Gasteiger partial charge in [-0.2, -0.15) is 0 Å². The summed E-state index contributed by atoms with van der Waals surface area (Å²) in [6, 6.07) is 9.83. The van der Waals surface area contributed by atoms with Crippen LogP contribution in [-0.4, -0.2) is 33.7 Å². The second-order valence-electron chi connectivity index (χ2n) is 6.31. The first-order valence-corrected chi connectivity index (χ1v) is 11.2. The molecule has 3 aromatic rings. The number of amides is 1. The van der Waals surface area contributed by atoms with Gasteiger partial charge in [0, 0.05) is 35.2 Å². The molecule has 0 aliphatic rings. The summed E-state index contributed by atoms with van der Waals surface area (Å²) in [6.07, 6.45) is 4.05. The van der Waals surface area contributed by atoms with Crippen LogP contribution in [0.3, 0.4) is 0 Å². The predicted molar refractivity (Wildman–Crippen MR) is 120 cm³/mol. The van der Waals surface area contributed by atoms with Crippen LogP contribution in [-0.2, 0) is 11.2 Å². The summed E-state index contributed by atoms with van der Waals surface area (Å²) in [4.78, 5) is 38.5. The molecule has 0 spiro atoms. The largest absolute Gasteiger partial charge is 0.301 e. The zero-order valence-electron chi connectivity index (χ0n) is 16.3. The third kappa shape index (κ3) is 5.02. The van der Waals surface area contributed by atoms with Crippen LogP contribution >= 0.6 is 23.1 Å². The second kappa shape index (κ2) is 9.67. The smallest absolute Gasteiger partial charge is 0.254 e. The summed E-state index contributed by atoms with van der Waals surface area (Å²) in [5.41, 5.74) is 2.84. The number of nitrogens with zero attached hydrogens (tertiary/aromatic N) is 3. The summed E-state index contributed by atoms with van der Waals surface area (Å²) >= 11 is 2.80. The normalized spacial score (nSPS) is 10.7. The number of thioether (sulfide) groups is 1. The summed E-state index contributed by atoms with van der Waals surface area (Å²) in [5, 5.41) is 3.14. The highest BCUT2D eigenvalue weighted by Crippen LogP contribution is 2.28. The maximum absolute atomic E-state index is 12.9. The van der Waals surface area contributed by atoms with Crippen molar-refractivity contribution in [1.29, 1.82) is 0 Å². The van der Waals surface area contributed by atoms with E-state index in [0.717, 1.165) is 11.3 Å². The minimum atomic E-state index is -0.189. The molecular weight excluding hydrogens is 404 g/mol. The maximum Gasteiger partial charge on any atom is 0.254 e. The lowest BCUT2D eigenvalue weighted by atomic mass is 10.1. The van der Waals surface area contributed by atoms with Crippen LogP contribution in [0.25, 0.3) is 11.3 Å². The molecule has 29 heavy (non-hydrogen) atoms. The SMILES string of the molecule is C=CCN(C(=O)CCc1c(C)nc(SC)[nH]c1=O)c1nc(-c2ccccc2)cs1. The Hall–Kier alpha value is -2.71. The van der Waals surface area contributed by atoms with Crippen molar-refractivity contribution in [2.75, 3.05) is 17.7 Å². The minimum Gasteiger partial charge on any atom is -0.301 e. The minimum absolute atomic E-state index is 0.105. The third-order valence-corrected chi connectivity index (χ3v) is 5.83. The van der Waals surface area contributed by atoms with Gasteiger partial charge < -0.3 is 4.98 Å². The van der Waals surface area contributed by atoms with Crippen LogP contribution in [0.4, 0.5) is 5.13 Å². The van der Waals surface area contributed by atoms with Gasteiger partial charge in [0.05, 0.1) is 5.69 Å². The average molecular weight is 427 g/mol. The molecule has 2 aromatic heterocycles. The van der Waals surface area contributed by atoms with E-state index < -0.39 is 0 Å². The van der Waals surface area contributed by atoms with E-state index in [1.54, 1.807) is 17.9 Å². The molecule has 3 rings (SSSR count). The Morgan fingerprint density at radius 1 is 1.31 bits per heavy atom. The fraction of sp³-hybridized carbons (Fsp3) is 0.238. The van der Waals surface area contributed by atoms with E-state index >= 15 is 0 Å². The number of aromatic nitrogens is 3. The van der Waals surface area contributed by atoms with E-state index in [-0.39, 0.29) is 17.9 Å². The molecular formula is C21H22N4O2S2. The van der Waals surface area contributed by atoms with E-state index in [9.17, 15) is 9.59 Å². The van der Waals surface area contributed by atoms with E-state index in [0.29, 0.717) is 34.5 Å². The number of aromatic amines is 1. The third-order valence-electron chi connectivity index (χ3n) is 4.39. The molecule has 1 N–H and O–H groups in total. The standard InChI is InChI=1S/C21H22N4O2S2/c1-4-12-25(21-23-17(13-29-21)15-8-6-5-7-9-15)18(26)11-10-16-14(2)22-20(28-3)24-19(16)27/h4-9,13H,1,10-12H2,2-3H3,(H,22,24,27). The van der Waals surface area contributed by atoms with Crippen LogP contribution in [0, 0.1) is 6.92 Å². The molecule has 0 aliphatic heterocycles. The Balaban J connectivity index is 1.76. The first kappa shape index (κ1) is 21.0. The van der Waals surface area contributed by atoms with Gasteiger partial charge >= 0.3 is 0 Å². The number of aryl methyl sites for hydroxylation is 1. The molecule has 0 radical (unpaired) electrons. The predicted octanol–water partition coefficient (Wildman–Crippen LogP) is 4.08. The molecule has 150 valence electrons. The van der Waals surface area contributed by atoms with E-state index in [4.69, 9.17) is 0 Å². The van der Waals surface area contributed by atoms with Crippen molar-refractivity contribution >= 4 is 34.1 Å². The van der Waals surface area contributed by atoms with Crippen molar-refractivity contribution in [3.8, 4) is 11.3 Å². The Bertz CT molecular complexity index is 1060. The van der Waals surface area contributed by atoms with Gasteiger partial charge in [-0.05, 0) is 19.6 Å². The number of carbonyl (C=O) groups is 1. The first-order chi connectivity index (χ1) is 14.0. The van der Waals surface area contributed by atoms with Gasteiger partial charge in [-0.15, -0.1) is 17.9 Å². The number of anilines is 1. The number of nitrogens with one attached hydrogen (secondary N) is 1. The molecule has 0 fully saturated rings. The van der Waals surface area contributed by atoms with Crippen LogP contribution < -0.4 is 10.5 Å². The van der Waals surface area contributed by atoms with Gasteiger partial charge in [0.2, 0.25) is 5.91 Å².